The van der Waals surface area contributed by atoms with Crippen LogP contribution < -0.4 is 15.4 Å². The van der Waals surface area contributed by atoms with Crippen molar-refractivity contribution in [3.05, 3.63) is 113 Å². The summed E-state index contributed by atoms with van der Waals surface area (Å²) in [7, 11) is -4.34. The molecule has 11 heteroatoms. The highest BCUT2D eigenvalue weighted by Gasteiger charge is 2.29. The van der Waals surface area contributed by atoms with E-state index in [9.17, 15) is 23.1 Å². The predicted molar refractivity (Wildman–Crippen MR) is 161 cm³/mol. The molecular formula is C31H27N5O5S. The Kier molecular flexibility index (Phi) is 7.60. The SMILES string of the molecule is Cc1cnc2c(S(=O)(=O)N(CC(=O)O)c3ccc4c(C(=O)NCc5ccc(C(=N)N)cc5)cccc4c3)cccc2c1. The molecule has 0 saturated heterocycles. The summed E-state index contributed by atoms with van der Waals surface area (Å²) in [4.78, 5) is 29.1. The van der Waals surface area contributed by atoms with Crippen molar-refractivity contribution in [1.29, 1.82) is 5.41 Å². The molecular weight excluding hydrogens is 554 g/mol. The molecule has 0 bridgehead atoms. The Morgan fingerprint density at radius 1 is 0.976 bits per heavy atom. The van der Waals surface area contributed by atoms with E-state index in [2.05, 4.69) is 10.3 Å². The molecule has 1 aromatic heterocycles. The van der Waals surface area contributed by atoms with Crippen LogP contribution in [0.15, 0.2) is 96.0 Å². The summed E-state index contributed by atoms with van der Waals surface area (Å²) in [5.74, 6) is -1.71. The van der Waals surface area contributed by atoms with Crippen molar-refractivity contribution < 1.29 is 23.1 Å². The zero-order chi connectivity index (χ0) is 30.0. The first kappa shape index (κ1) is 28.2. The molecule has 4 aromatic carbocycles. The zero-order valence-corrected chi connectivity index (χ0v) is 23.4. The number of aromatic nitrogens is 1. The number of rotatable bonds is 9. The maximum absolute atomic E-state index is 13.9. The van der Waals surface area contributed by atoms with E-state index in [1.165, 1.54) is 12.1 Å². The molecule has 5 rings (SSSR count). The number of amidine groups is 1. The van der Waals surface area contributed by atoms with E-state index in [1.807, 2.05) is 13.0 Å². The van der Waals surface area contributed by atoms with Crippen molar-refractivity contribution in [2.75, 3.05) is 10.8 Å². The lowest BCUT2D eigenvalue weighted by atomic mass is 10.0. The normalized spacial score (nSPS) is 11.4. The second-order valence-corrected chi connectivity index (χ2v) is 11.6. The summed E-state index contributed by atoms with van der Waals surface area (Å²) in [6.07, 6.45) is 1.56. The monoisotopic (exact) mass is 581 g/mol. The number of hydrogen-bond acceptors (Lipinski definition) is 6. The van der Waals surface area contributed by atoms with Crippen LogP contribution in [0.25, 0.3) is 21.7 Å². The van der Waals surface area contributed by atoms with Crippen molar-refractivity contribution >= 4 is 55.1 Å². The molecule has 1 heterocycles. The molecule has 0 atom stereocenters. The van der Waals surface area contributed by atoms with E-state index in [-0.39, 0.29) is 34.4 Å². The summed E-state index contributed by atoms with van der Waals surface area (Å²) < 4.78 is 28.6. The molecule has 212 valence electrons. The third-order valence-electron chi connectivity index (χ3n) is 6.77. The Bertz CT molecular complexity index is 1970. The summed E-state index contributed by atoms with van der Waals surface area (Å²) >= 11 is 0. The number of pyridine rings is 1. The van der Waals surface area contributed by atoms with Gasteiger partial charge in [-0.05, 0) is 59.2 Å². The Labute approximate surface area is 242 Å². The minimum atomic E-state index is -4.34. The second kappa shape index (κ2) is 11.3. The molecule has 0 unspecified atom stereocenters. The van der Waals surface area contributed by atoms with Crippen LogP contribution in [-0.2, 0) is 21.4 Å². The lowest BCUT2D eigenvalue weighted by molar-refractivity contribution is -0.135. The predicted octanol–water partition coefficient (Wildman–Crippen LogP) is 4.19. The Hall–Kier alpha value is -5.29. The van der Waals surface area contributed by atoms with Gasteiger partial charge < -0.3 is 16.2 Å². The average molecular weight is 582 g/mol. The van der Waals surface area contributed by atoms with Gasteiger partial charge in [0.2, 0.25) is 0 Å². The van der Waals surface area contributed by atoms with Gasteiger partial charge in [0.15, 0.2) is 0 Å². The van der Waals surface area contributed by atoms with Crippen molar-refractivity contribution in [2.24, 2.45) is 5.73 Å². The van der Waals surface area contributed by atoms with Crippen LogP contribution in [0, 0.1) is 12.3 Å². The topological polar surface area (TPSA) is 167 Å². The molecule has 0 spiro atoms. The summed E-state index contributed by atoms with van der Waals surface area (Å²) in [6.45, 7) is 1.29. The second-order valence-electron chi connectivity index (χ2n) is 9.75. The molecule has 0 fully saturated rings. The number of carboxylic acid groups (broad SMARTS) is 1. The number of nitrogens with zero attached hydrogens (tertiary/aromatic N) is 2. The van der Waals surface area contributed by atoms with Gasteiger partial charge in [-0.3, -0.25) is 24.3 Å². The van der Waals surface area contributed by atoms with Crippen LogP contribution >= 0.6 is 0 Å². The van der Waals surface area contributed by atoms with Crippen LogP contribution in [0.1, 0.15) is 27.0 Å². The molecule has 1 amide bonds. The molecule has 0 aliphatic rings. The van der Waals surface area contributed by atoms with Crippen molar-refractivity contribution in [3.8, 4) is 0 Å². The quantitative estimate of drug-likeness (QED) is 0.150. The molecule has 0 radical (unpaired) electrons. The van der Waals surface area contributed by atoms with Crippen LogP contribution in [0.5, 0.6) is 0 Å². The Morgan fingerprint density at radius 2 is 1.69 bits per heavy atom. The number of anilines is 1. The standard InChI is InChI=1S/C31H27N5O5S/c1-19-14-23-5-3-7-27(29(23)34-16-19)42(40,41)36(18-28(37)38)24-12-13-25-22(15-24)4-2-6-26(25)31(39)35-17-20-8-10-21(11-9-20)30(32)33/h2-16H,17-18H2,1H3,(H3,32,33)(H,35,39)(H,37,38). The number of aliphatic carboxylic acids is 1. The van der Waals surface area contributed by atoms with E-state index in [0.29, 0.717) is 27.3 Å². The number of nitrogen functional groups attached to an aromatic ring is 1. The average Bonchev–Trinajstić information content (AvgIpc) is 2.97. The number of carbonyl (C=O) groups is 2. The fourth-order valence-corrected chi connectivity index (χ4v) is 6.29. The van der Waals surface area contributed by atoms with E-state index < -0.39 is 22.5 Å². The first-order valence-electron chi connectivity index (χ1n) is 12.9. The molecule has 0 aliphatic carbocycles. The van der Waals surface area contributed by atoms with Crippen molar-refractivity contribution in [2.45, 2.75) is 18.4 Å². The van der Waals surface area contributed by atoms with Gasteiger partial charge in [0, 0.05) is 29.3 Å². The van der Waals surface area contributed by atoms with Crippen LogP contribution in [0.4, 0.5) is 5.69 Å². The molecule has 10 nitrogen and oxygen atoms in total. The molecule has 0 aliphatic heterocycles. The van der Waals surface area contributed by atoms with Gasteiger partial charge in [-0.2, -0.15) is 0 Å². The number of para-hydroxylation sites is 1. The van der Waals surface area contributed by atoms with Crippen molar-refractivity contribution in [1.82, 2.24) is 10.3 Å². The highest BCUT2D eigenvalue weighted by Crippen LogP contribution is 2.31. The number of aryl methyl sites for hydroxylation is 1. The summed E-state index contributed by atoms with van der Waals surface area (Å²) in [5.41, 5.74) is 8.52. The number of nitrogens with one attached hydrogen (secondary N) is 2. The largest absolute Gasteiger partial charge is 0.480 e. The smallest absolute Gasteiger partial charge is 0.324 e. The number of fused-ring (bicyclic) bond motifs is 2. The zero-order valence-electron chi connectivity index (χ0n) is 22.5. The number of benzene rings is 4. The van der Waals surface area contributed by atoms with Crippen LogP contribution in [-0.4, -0.2) is 42.8 Å². The third kappa shape index (κ3) is 5.63. The summed E-state index contributed by atoms with van der Waals surface area (Å²) in [5, 5.41) is 21.8. The van der Waals surface area contributed by atoms with Gasteiger partial charge in [-0.15, -0.1) is 0 Å². The van der Waals surface area contributed by atoms with Crippen molar-refractivity contribution in [3.63, 3.8) is 0 Å². The van der Waals surface area contributed by atoms with Gasteiger partial charge >= 0.3 is 5.97 Å². The van der Waals surface area contributed by atoms with Gasteiger partial charge in [0.1, 0.15) is 17.3 Å². The first-order chi connectivity index (χ1) is 20.0. The molecule has 42 heavy (non-hydrogen) atoms. The number of amides is 1. The van der Waals surface area contributed by atoms with Gasteiger partial charge in [0.05, 0.1) is 11.2 Å². The fraction of sp³-hybridized carbons (Fsp3) is 0.0968. The van der Waals surface area contributed by atoms with E-state index in [4.69, 9.17) is 11.1 Å². The highest BCUT2D eigenvalue weighted by atomic mass is 32.2. The van der Waals surface area contributed by atoms with E-state index in [1.54, 1.807) is 72.9 Å². The number of nitrogens with two attached hydrogens (primary N) is 1. The number of hydrogen-bond donors (Lipinski definition) is 4. The minimum absolute atomic E-state index is 0.0423. The van der Waals surface area contributed by atoms with Gasteiger partial charge in [0.25, 0.3) is 15.9 Å². The van der Waals surface area contributed by atoms with E-state index in [0.717, 1.165) is 15.4 Å². The molecule has 5 N–H and O–H groups in total. The molecule has 0 saturated carbocycles. The first-order valence-corrected chi connectivity index (χ1v) is 14.3. The molecule has 5 aromatic rings. The summed E-state index contributed by atoms with van der Waals surface area (Å²) in [6, 6.07) is 23.2. The highest BCUT2D eigenvalue weighted by molar-refractivity contribution is 7.93. The van der Waals surface area contributed by atoms with Crippen LogP contribution in [0.3, 0.4) is 0 Å². The Balaban J connectivity index is 1.48. The maximum atomic E-state index is 13.9. The van der Waals surface area contributed by atoms with E-state index >= 15 is 0 Å². The van der Waals surface area contributed by atoms with Gasteiger partial charge in [-0.1, -0.05) is 54.6 Å². The lowest BCUT2D eigenvalue weighted by Crippen LogP contribution is -2.36. The van der Waals surface area contributed by atoms with Gasteiger partial charge in [-0.25, -0.2) is 8.42 Å². The fourth-order valence-electron chi connectivity index (χ4n) is 4.71. The number of sulfonamides is 1. The third-order valence-corrected chi connectivity index (χ3v) is 8.58. The number of carboxylic acids is 1. The number of carbonyl (C=O) groups excluding carboxylic acids is 1. The van der Waals surface area contributed by atoms with Crippen LogP contribution in [0.2, 0.25) is 0 Å². The lowest BCUT2D eigenvalue weighted by Gasteiger charge is -2.24. The minimum Gasteiger partial charge on any atom is -0.480 e. The maximum Gasteiger partial charge on any atom is 0.324 e. The Morgan fingerprint density at radius 3 is 2.40 bits per heavy atom.